The third kappa shape index (κ3) is 4.97. The van der Waals surface area contributed by atoms with E-state index in [-0.39, 0.29) is 18.9 Å². The molecule has 0 aliphatic heterocycles. The summed E-state index contributed by atoms with van der Waals surface area (Å²) in [5, 5.41) is 12.9. The second kappa shape index (κ2) is 10.3. The van der Waals surface area contributed by atoms with E-state index in [4.69, 9.17) is 16.3 Å². The molecule has 2 N–H and O–H groups in total. The number of nitrogens with one attached hydrogen (secondary N) is 1. The number of alkyl carbamates (subject to hydrolysis) is 1. The van der Waals surface area contributed by atoms with Gasteiger partial charge in [0.1, 0.15) is 12.6 Å². The number of amides is 1. The zero-order valence-electron chi connectivity index (χ0n) is 19.4. The van der Waals surface area contributed by atoms with E-state index in [1.807, 2.05) is 84.9 Å². The molecule has 0 heterocycles. The van der Waals surface area contributed by atoms with Crippen LogP contribution in [0.3, 0.4) is 0 Å². The topological polar surface area (TPSA) is 75.6 Å². The molecule has 5 rings (SSSR count). The molecule has 36 heavy (non-hydrogen) atoms. The molecule has 0 fully saturated rings. The zero-order chi connectivity index (χ0) is 25.1. The predicted molar refractivity (Wildman–Crippen MR) is 140 cm³/mol. The number of carbonyl (C=O) groups is 2. The highest BCUT2D eigenvalue weighted by Gasteiger charge is 2.29. The number of halogens is 1. The first-order chi connectivity index (χ1) is 17.5. The van der Waals surface area contributed by atoms with Crippen molar-refractivity contribution >= 4 is 23.7 Å². The Morgan fingerprint density at radius 3 is 2.11 bits per heavy atom. The molecular weight excluding hydrogens is 474 g/mol. The normalized spacial score (nSPS) is 12.9. The SMILES string of the molecule is O=C(NC(Cc1cccc(-c2ccc(Cl)cc2)c1)C(=O)O)OCC1c2ccccc2-c2ccccc21. The number of carboxylic acids is 1. The molecule has 1 aliphatic rings. The largest absolute Gasteiger partial charge is 0.480 e. The highest BCUT2D eigenvalue weighted by Crippen LogP contribution is 2.44. The molecule has 4 aromatic rings. The van der Waals surface area contributed by atoms with E-state index in [9.17, 15) is 14.7 Å². The maximum atomic E-state index is 12.6. The summed E-state index contributed by atoms with van der Waals surface area (Å²) >= 11 is 5.98. The van der Waals surface area contributed by atoms with Crippen LogP contribution in [0.1, 0.15) is 22.6 Å². The van der Waals surface area contributed by atoms with Gasteiger partial charge in [-0.05, 0) is 51.1 Å². The highest BCUT2D eigenvalue weighted by molar-refractivity contribution is 6.30. The number of hydrogen-bond donors (Lipinski definition) is 2. The minimum Gasteiger partial charge on any atom is -0.480 e. The van der Waals surface area contributed by atoms with Gasteiger partial charge < -0.3 is 15.2 Å². The maximum absolute atomic E-state index is 12.6. The lowest BCUT2D eigenvalue weighted by Crippen LogP contribution is -2.42. The smallest absolute Gasteiger partial charge is 0.407 e. The first-order valence-corrected chi connectivity index (χ1v) is 12.1. The molecule has 1 amide bonds. The zero-order valence-corrected chi connectivity index (χ0v) is 20.1. The van der Waals surface area contributed by atoms with Gasteiger partial charge in [0.15, 0.2) is 0 Å². The van der Waals surface area contributed by atoms with E-state index < -0.39 is 18.1 Å². The lowest BCUT2D eigenvalue weighted by molar-refractivity contribution is -0.139. The Hall–Kier alpha value is -4.09. The molecule has 5 nitrogen and oxygen atoms in total. The van der Waals surface area contributed by atoms with E-state index in [2.05, 4.69) is 17.4 Å². The molecule has 1 atom stereocenters. The van der Waals surface area contributed by atoms with Crippen LogP contribution in [0.15, 0.2) is 97.1 Å². The molecule has 4 aromatic carbocycles. The number of ether oxygens (including phenoxy) is 1. The van der Waals surface area contributed by atoms with Crippen LogP contribution in [-0.2, 0) is 16.0 Å². The number of hydrogen-bond acceptors (Lipinski definition) is 3. The van der Waals surface area contributed by atoms with Crippen LogP contribution < -0.4 is 5.32 Å². The van der Waals surface area contributed by atoms with Gasteiger partial charge in [-0.25, -0.2) is 9.59 Å². The fourth-order valence-corrected chi connectivity index (χ4v) is 4.86. The summed E-state index contributed by atoms with van der Waals surface area (Å²) in [6, 6.07) is 30.0. The lowest BCUT2D eigenvalue weighted by atomic mass is 9.98. The van der Waals surface area contributed by atoms with Crippen LogP contribution in [0.4, 0.5) is 4.79 Å². The highest BCUT2D eigenvalue weighted by atomic mass is 35.5. The summed E-state index contributed by atoms with van der Waals surface area (Å²) in [5.41, 5.74) is 7.15. The molecule has 0 saturated heterocycles. The van der Waals surface area contributed by atoms with Crippen molar-refractivity contribution in [2.45, 2.75) is 18.4 Å². The second-order valence-electron chi connectivity index (χ2n) is 8.77. The van der Waals surface area contributed by atoms with E-state index in [1.54, 1.807) is 0 Å². The number of carbonyl (C=O) groups excluding carboxylic acids is 1. The molecule has 1 unspecified atom stereocenters. The summed E-state index contributed by atoms with van der Waals surface area (Å²) in [6.07, 6.45) is -0.626. The van der Waals surface area contributed by atoms with Crippen molar-refractivity contribution in [1.82, 2.24) is 5.32 Å². The number of aliphatic carboxylic acids is 1. The summed E-state index contributed by atoms with van der Waals surface area (Å²) in [6.45, 7) is 0.123. The summed E-state index contributed by atoms with van der Waals surface area (Å²) in [4.78, 5) is 24.6. The Balaban J connectivity index is 1.26. The maximum Gasteiger partial charge on any atom is 0.407 e. The number of benzene rings is 4. The molecule has 180 valence electrons. The molecule has 0 radical (unpaired) electrons. The van der Waals surface area contributed by atoms with Crippen molar-refractivity contribution in [3.63, 3.8) is 0 Å². The minimum absolute atomic E-state index is 0.0949. The van der Waals surface area contributed by atoms with Gasteiger partial charge in [0.05, 0.1) is 0 Å². The van der Waals surface area contributed by atoms with Crippen molar-refractivity contribution < 1.29 is 19.4 Å². The average molecular weight is 498 g/mol. The molecule has 6 heteroatoms. The van der Waals surface area contributed by atoms with Crippen LogP contribution >= 0.6 is 11.6 Å². The van der Waals surface area contributed by atoms with E-state index in [0.29, 0.717) is 5.02 Å². The van der Waals surface area contributed by atoms with Gasteiger partial charge >= 0.3 is 12.1 Å². The second-order valence-corrected chi connectivity index (χ2v) is 9.21. The monoisotopic (exact) mass is 497 g/mol. The van der Waals surface area contributed by atoms with Crippen molar-refractivity contribution in [3.05, 3.63) is 119 Å². The van der Waals surface area contributed by atoms with Gasteiger partial charge in [0.25, 0.3) is 0 Å². The van der Waals surface area contributed by atoms with Gasteiger partial charge in [-0.2, -0.15) is 0 Å². The molecular formula is C30H24ClNO4. The van der Waals surface area contributed by atoms with Gasteiger partial charge in [-0.3, -0.25) is 0 Å². The van der Waals surface area contributed by atoms with Gasteiger partial charge in [0, 0.05) is 17.4 Å². The van der Waals surface area contributed by atoms with Crippen molar-refractivity contribution in [2.24, 2.45) is 0 Å². The summed E-state index contributed by atoms with van der Waals surface area (Å²) in [7, 11) is 0. The summed E-state index contributed by atoms with van der Waals surface area (Å²) in [5.74, 6) is -1.22. The van der Waals surface area contributed by atoms with Crippen LogP contribution in [0.25, 0.3) is 22.3 Å². The molecule has 0 spiro atoms. The van der Waals surface area contributed by atoms with Crippen molar-refractivity contribution in [3.8, 4) is 22.3 Å². The Bertz CT molecular complexity index is 1370. The Morgan fingerprint density at radius 1 is 0.833 bits per heavy atom. The van der Waals surface area contributed by atoms with Crippen molar-refractivity contribution in [2.75, 3.05) is 6.61 Å². The van der Waals surface area contributed by atoms with Gasteiger partial charge in [0.2, 0.25) is 0 Å². The van der Waals surface area contributed by atoms with Gasteiger partial charge in [-0.1, -0.05) is 96.5 Å². The van der Waals surface area contributed by atoms with Crippen molar-refractivity contribution in [1.29, 1.82) is 0 Å². The quantitative estimate of drug-likeness (QED) is 0.304. The van der Waals surface area contributed by atoms with E-state index >= 15 is 0 Å². The van der Waals surface area contributed by atoms with Crippen LogP contribution in [0.2, 0.25) is 5.02 Å². The molecule has 0 aromatic heterocycles. The number of carboxylic acid groups (broad SMARTS) is 1. The first-order valence-electron chi connectivity index (χ1n) is 11.7. The van der Waals surface area contributed by atoms with Crippen LogP contribution in [0, 0.1) is 0 Å². The first kappa shape index (κ1) is 23.6. The number of rotatable bonds is 7. The fourth-order valence-electron chi connectivity index (χ4n) is 4.74. The van der Waals surface area contributed by atoms with Crippen LogP contribution in [0.5, 0.6) is 0 Å². The third-order valence-corrected chi connectivity index (χ3v) is 6.73. The van der Waals surface area contributed by atoms with Crippen LogP contribution in [-0.4, -0.2) is 29.8 Å². The molecule has 0 bridgehead atoms. The summed E-state index contributed by atoms with van der Waals surface area (Å²) < 4.78 is 5.54. The lowest BCUT2D eigenvalue weighted by Gasteiger charge is -2.18. The Morgan fingerprint density at radius 2 is 1.47 bits per heavy atom. The predicted octanol–water partition coefficient (Wildman–Crippen LogP) is 6.54. The standard InChI is InChI=1S/C30H24ClNO4/c31-22-14-12-20(13-15-22)21-7-5-6-19(16-21)17-28(29(33)34)32-30(35)36-18-27-25-10-3-1-8-23(25)24-9-2-4-11-26(24)27/h1-16,27-28H,17-18H2,(H,32,35)(H,33,34). The fraction of sp³-hybridized carbons (Fsp3) is 0.133. The van der Waals surface area contributed by atoms with E-state index in [0.717, 1.165) is 38.9 Å². The Labute approximate surface area is 214 Å². The Kier molecular flexibility index (Phi) is 6.74. The minimum atomic E-state index is -1.12. The molecule has 0 saturated carbocycles. The molecule has 1 aliphatic carbocycles. The van der Waals surface area contributed by atoms with Gasteiger partial charge in [-0.15, -0.1) is 0 Å². The average Bonchev–Trinajstić information content (AvgIpc) is 3.21. The van der Waals surface area contributed by atoms with E-state index in [1.165, 1.54) is 0 Å². The number of fused-ring (bicyclic) bond motifs is 3. The third-order valence-electron chi connectivity index (χ3n) is 6.48.